The van der Waals surface area contributed by atoms with Gasteiger partial charge in [-0.2, -0.15) is 0 Å². The Balaban J connectivity index is 2.16. The van der Waals surface area contributed by atoms with E-state index >= 15 is 0 Å². The van der Waals surface area contributed by atoms with Gasteiger partial charge >= 0.3 is 0 Å². The number of aromatic nitrogens is 1. The molecule has 1 aliphatic heterocycles. The summed E-state index contributed by atoms with van der Waals surface area (Å²) in [6, 6.07) is 1.77. The lowest BCUT2D eigenvalue weighted by atomic mass is 9.98. The summed E-state index contributed by atoms with van der Waals surface area (Å²) in [5, 5.41) is 0. The van der Waals surface area contributed by atoms with Crippen LogP contribution < -0.4 is 11.3 Å². The zero-order chi connectivity index (χ0) is 14.5. The Morgan fingerprint density at radius 2 is 2.35 bits per heavy atom. The van der Waals surface area contributed by atoms with Crippen molar-refractivity contribution in [3.8, 4) is 0 Å². The van der Waals surface area contributed by atoms with Gasteiger partial charge in [0.2, 0.25) is 0 Å². The molecular weight excluding hydrogens is 320 g/mol. The molecule has 0 radical (unpaired) electrons. The maximum absolute atomic E-state index is 12.6. The van der Waals surface area contributed by atoms with Gasteiger partial charge < -0.3 is 10.3 Å². The van der Waals surface area contributed by atoms with Crippen LogP contribution in [0.4, 0.5) is 5.82 Å². The maximum Gasteiger partial charge on any atom is 0.257 e. The maximum atomic E-state index is 12.6. The molecule has 1 saturated heterocycles. The number of rotatable bonds is 3. The smallest absolute Gasteiger partial charge is 0.257 e. The van der Waals surface area contributed by atoms with Gasteiger partial charge in [0.05, 0.1) is 5.56 Å². The van der Waals surface area contributed by atoms with E-state index in [-0.39, 0.29) is 5.91 Å². The first-order valence-electron chi connectivity index (χ1n) is 7.07. The number of hydrogen-bond acceptors (Lipinski definition) is 4. The highest BCUT2D eigenvalue weighted by atomic mass is 79.9. The van der Waals surface area contributed by atoms with Crippen molar-refractivity contribution in [3.63, 3.8) is 0 Å². The first kappa shape index (κ1) is 15.3. The minimum Gasteiger partial charge on any atom is -0.339 e. The van der Waals surface area contributed by atoms with E-state index in [0.717, 1.165) is 36.3 Å². The minimum atomic E-state index is 0.00324. The molecule has 1 aliphatic rings. The van der Waals surface area contributed by atoms with Crippen molar-refractivity contribution in [1.82, 2.24) is 9.88 Å². The molecule has 110 valence electrons. The molecule has 2 heterocycles. The van der Waals surface area contributed by atoms with Gasteiger partial charge in [-0.15, -0.1) is 0 Å². The van der Waals surface area contributed by atoms with Gasteiger partial charge in [-0.3, -0.25) is 4.79 Å². The van der Waals surface area contributed by atoms with Crippen LogP contribution >= 0.6 is 15.9 Å². The van der Waals surface area contributed by atoms with Crippen LogP contribution in [0.1, 0.15) is 43.0 Å². The monoisotopic (exact) mass is 340 g/mol. The normalized spacial score (nSPS) is 19.6. The fraction of sp³-hybridized carbons (Fsp3) is 0.571. The molecule has 5 nitrogen and oxygen atoms in total. The zero-order valence-corrected chi connectivity index (χ0v) is 13.3. The molecule has 0 aliphatic carbocycles. The van der Waals surface area contributed by atoms with E-state index < -0.39 is 0 Å². The summed E-state index contributed by atoms with van der Waals surface area (Å²) in [4.78, 5) is 18.7. The SMILES string of the molecule is CCC1CCCN(C(=O)c2cc(Br)cnc2NN)CC1. The molecule has 1 unspecified atom stereocenters. The summed E-state index contributed by atoms with van der Waals surface area (Å²) in [6.45, 7) is 3.84. The van der Waals surface area contributed by atoms with Crippen molar-refractivity contribution in [3.05, 3.63) is 22.3 Å². The van der Waals surface area contributed by atoms with Crippen LogP contribution in [0.2, 0.25) is 0 Å². The lowest BCUT2D eigenvalue weighted by Crippen LogP contribution is -2.33. The number of pyridine rings is 1. The molecule has 0 bridgehead atoms. The second-order valence-electron chi connectivity index (χ2n) is 5.19. The van der Waals surface area contributed by atoms with E-state index in [4.69, 9.17) is 5.84 Å². The molecule has 20 heavy (non-hydrogen) atoms. The summed E-state index contributed by atoms with van der Waals surface area (Å²) in [6.07, 6.45) is 6.17. The molecule has 0 saturated carbocycles. The number of carbonyl (C=O) groups is 1. The van der Waals surface area contributed by atoms with Gasteiger partial charge in [0.25, 0.3) is 5.91 Å². The number of hydrogen-bond donors (Lipinski definition) is 2. The number of anilines is 1. The average Bonchev–Trinajstić information content (AvgIpc) is 2.71. The summed E-state index contributed by atoms with van der Waals surface area (Å²) in [5.74, 6) is 6.61. The van der Waals surface area contributed by atoms with Gasteiger partial charge in [0.1, 0.15) is 0 Å². The predicted molar refractivity (Wildman–Crippen MR) is 83.3 cm³/mol. The number of nitrogens with zero attached hydrogens (tertiary/aromatic N) is 2. The Bertz CT molecular complexity index is 480. The largest absolute Gasteiger partial charge is 0.339 e. The number of halogens is 1. The number of nitrogens with two attached hydrogens (primary N) is 1. The minimum absolute atomic E-state index is 0.00324. The van der Waals surface area contributed by atoms with Crippen molar-refractivity contribution >= 4 is 27.7 Å². The van der Waals surface area contributed by atoms with Crippen LogP contribution in [0.3, 0.4) is 0 Å². The molecule has 1 aromatic rings. The number of hydrazine groups is 1. The quantitative estimate of drug-likeness (QED) is 0.655. The summed E-state index contributed by atoms with van der Waals surface area (Å²) < 4.78 is 0.779. The van der Waals surface area contributed by atoms with E-state index in [9.17, 15) is 4.79 Å². The molecule has 2 rings (SSSR count). The highest BCUT2D eigenvalue weighted by molar-refractivity contribution is 9.10. The molecule has 0 aromatic carbocycles. The molecule has 1 amide bonds. The number of carbonyl (C=O) groups excluding carboxylic acids is 1. The lowest BCUT2D eigenvalue weighted by molar-refractivity contribution is 0.0760. The Labute approximate surface area is 128 Å². The third-order valence-electron chi connectivity index (χ3n) is 3.93. The van der Waals surface area contributed by atoms with Crippen LogP contribution in [-0.4, -0.2) is 28.9 Å². The van der Waals surface area contributed by atoms with Gasteiger partial charge in [0, 0.05) is 23.8 Å². The second-order valence-corrected chi connectivity index (χ2v) is 6.11. The Morgan fingerprint density at radius 1 is 1.55 bits per heavy atom. The topological polar surface area (TPSA) is 71.2 Å². The van der Waals surface area contributed by atoms with E-state index in [2.05, 4.69) is 33.3 Å². The van der Waals surface area contributed by atoms with Crippen LogP contribution in [-0.2, 0) is 0 Å². The predicted octanol–water partition coefficient (Wildman–Crippen LogP) is 2.78. The fourth-order valence-corrected chi connectivity index (χ4v) is 3.00. The van der Waals surface area contributed by atoms with Crippen LogP contribution in [0.25, 0.3) is 0 Å². The Morgan fingerprint density at radius 3 is 3.05 bits per heavy atom. The van der Waals surface area contributed by atoms with Crippen LogP contribution in [0.5, 0.6) is 0 Å². The number of likely N-dealkylation sites (tertiary alicyclic amines) is 1. The molecule has 6 heteroatoms. The van der Waals surface area contributed by atoms with Crippen molar-refractivity contribution in [2.75, 3.05) is 18.5 Å². The second kappa shape index (κ2) is 7.04. The zero-order valence-electron chi connectivity index (χ0n) is 11.7. The average molecular weight is 341 g/mol. The standard InChI is InChI=1S/C14H21BrN4O/c1-2-10-4-3-6-19(7-5-10)14(20)12-8-11(15)9-17-13(12)18-16/h8-10H,2-7,16H2,1H3,(H,17,18). The Hall–Kier alpha value is -1.14. The van der Waals surface area contributed by atoms with E-state index in [0.29, 0.717) is 11.4 Å². The van der Waals surface area contributed by atoms with Crippen LogP contribution in [0, 0.1) is 5.92 Å². The first-order chi connectivity index (χ1) is 9.65. The van der Waals surface area contributed by atoms with Gasteiger partial charge in [-0.1, -0.05) is 13.3 Å². The fourth-order valence-electron chi connectivity index (χ4n) is 2.66. The van der Waals surface area contributed by atoms with E-state index in [1.54, 1.807) is 12.3 Å². The van der Waals surface area contributed by atoms with Gasteiger partial charge in [0.15, 0.2) is 5.82 Å². The third-order valence-corrected chi connectivity index (χ3v) is 4.37. The molecule has 1 fully saturated rings. The van der Waals surface area contributed by atoms with Crippen molar-refractivity contribution in [2.24, 2.45) is 11.8 Å². The number of nitrogen functional groups attached to an aromatic ring is 1. The molecule has 3 N–H and O–H groups in total. The molecule has 0 spiro atoms. The van der Waals surface area contributed by atoms with Crippen molar-refractivity contribution in [2.45, 2.75) is 32.6 Å². The number of nitrogens with one attached hydrogen (secondary N) is 1. The van der Waals surface area contributed by atoms with Crippen molar-refractivity contribution < 1.29 is 4.79 Å². The van der Waals surface area contributed by atoms with E-state index in [1.807, 2.05) is 4.90 Å². The van der Waals surface area contributed by atoms with Gasteiger partial charge in [-0.25, -0.2) is 10.8 Å². The summed E-state index contributed by atoms with van der Waals surface area (Å²) in [7, 11) is 0. The third kappa shape index (κ3) is 3.49. The highest BCUT2D eigenvalue weighted by Gasteiger charge is 2.23. The molecule has 1 atom stereocenters. The molecular formula is C14H21BrN4O. The highest BCUT2D eigenvalue weighted by Crippen LogP contribution is 2.24. The van der Waals surface area contributed by atoms with Crippen LogP contribution in [0.15, 0.2) is 16.7 Å². The van der Waals surface area contributed by atoms with E-state index in [1.165, 1.54) is 12.8 Å². The summed E-state index contributed by atoms with van der Waals surface area (Å²) in [5.41, 5.74) is 3.02. The lowest BCUT2D eigenvalue weighted by Gasteiger charge is -2.21. The Kier molecular flexibility index (Phi) is 5.37. The van der Waals surface area contributed by atoms with Crippen molar-refractivity contribution in [1.29, 1.82) is 0 Å². The summed E-state index contributed by atoms with van der Waals surface area (Å²) >= 11 is 3.35. The van der Waals surface area contributed by atoms with Gasteiger partial charge in [-0.05, 0) is 47.2 Å². The molecule has 1 aromatic heterocycles. The first-order valence-corrected chi connectivity index (χ1v) is 7.86. The number of amides is 1.